The van der Waals surface area contributed by atoms with Gasteiger partial charge in [0.25, 0.3) is 0 Å². The zero-order valence-corrected chi connectivity index (χ0v) is 4.20. The molecule has 2 nitrogen and oxygen atoms in total. The lowest BCUT2D eigenvalue weighted by Crippen LogP contribution is -1.98. The highest BCUT2D eigenvalue weighted by atomic mass is 35.5. The summed E-state index contributed by atoms with van der Waals surface area (Å²) >= 11 is 5.06. The summed E-state index contributed by atoms with van der Waals surface area (Å²) in [6, 6.07) is 0. The summed E-state index contributed by atoms with van der Waals surface area (Å²) < 4.78 is 0. The third-order valence-corrected chi connectivity index (χ3v) is 0.375. The van der Waals surface area contributed by atoms with Crippen LogP contribution in [-0.2, 0) is 4.84 Å². The highest BCUT2D eigenvalue weighted by Gasteiger charge is 1.57. The Morgan fingerprint density at radius 2 is 2.50 bits per heavy atom. The van der Waals surface area contributed by atoms with Gasteiger partial charge in [0.05, 0.1) is 7.11 Å². The molecule has 0 aliphatic carbocycles. The van der Waals surface area contributed by atoms with Crippen molar-refractivity contribution in [2.24, 2.45) is 0 Å². The summed E-state index contributed by atoms with van der Waals surface area (Å²) in [5.41, 5.74) is 3.71. The summed E-state index contributed by atoms with van der Waals surface area (Å²) in [6.45, 7) is 0. The molecule has 0 saturated carbocycles. The molecule has 0 unspecified atom stereocenters. The molecule has 0 aliphatic heterocycles. The van der Waals surface area contributed by atoms with Crippen LogP contribution < -0.4 is 5.48 Å². The van der Waals surface area contributed by atoms with Gasteiger partial charge >= 0.3 is 0 Å². The van der Waals surface area contributed by atoms with Crippen LogP contribution >= 0.6 is 11.6 Å². The van der Waals surface area contributed by atoms with Gasteiger partial charge < -0.3 is 0 Å². The molecule has 1 N–H and O–H groups in total. The Balaban J connectivity index is 2.66. The molecular formula is C3H6ClNO. The molecule has 0 heterocycles. The average molecular weight is 108 g/mol. The zero-order valence-electron chi connectivity index (χ0n) is 3.44. The summed E-state index contributed by atoms with van der Waals surface area (Å²) in [5.74, 6) is 0. The highest BCUT2D eigenvalue weighted by Crippen LogP contribution is 1.70. The van der Waals surface area contributed by atoms with Gasteiger partial charge in [-0.2, -0.15) is 0 Å². The van der Waals surface area contributed by atoms with Gasteiger partial charge in [-0.1, -0.05) is 11.6 Å². The standard InChI is InChI=1S/C3H6ClNO/c1-6-5-3-2-4/h2-3,5H,1H3. The Morgan fingerprint density at radius 1 is 1.83 bits per heavy atom. The van der Waals surface area contributed by atoms with Crippen molar-refractivity contribution in [1.82, 2.24) is 5.48 Å². The van der Waals surface area contributed by atoms with E-state index in [1.165, 1.54) is 18.8 Å². The SMILES string of the molecule is CONC=CCl. The Morgan fingerprint density at radius 3 is 2.67 bits per heavy atom. The molecule has 0 fully saturated rings. The molecule has 0 atom stereocenters. The summed E-state index contributed by atoms with van der Waals surface area (Å²) in [7, 11) is 1.51. The molecule has 0 bridgehead atoms. The fraction of sp³-hybridized carbons (Fsp3) is 0.333. The Kier molecular flexibility index (Phi) is 4.62. The second-order valence-corrected chi connectivity index (χ2v) is 0.867. The van der Waals surface area contributed by atoms with Gasteiger partial charge in [0.15, 0.2) is 0 Å². The van der Waals surface area contributed by atoms with Gasteiger partial charge in [0.1, 0.15) is 0 Å². The first-order chi connectivity index (χ1) is 2.91. The van der Waals surface area contributed by atoms with E-state index in [1.54, 1.807) is 0 Å². The Bertz CT molecular complexity index is 46.1. The van der Waals surface area contributed by atoms with Gasteiger partial charge in [0, 0.05) is 11.7 Å². The van der Waals surface area contributed by atoms with Crippen LogP contribution in [0.4, 0.5) is 0 Å². The first-order valence-electron chi connectivity index (χ1n) is 1.45. The third-order valence-electron chi connectivity index (χ3n) is 0.249. The van der Waals surface area contributed by atoms with Crippen molar-refractivity contribution in [1.29, 1.82) is 0 Å². The predicted molar refractivity (Wildman–Crippen MR) is 25.1 cm³/mol. The van der Waals surface area contributed by atoms with Crippen LogP contribution in [0.15, 0.2) is 11.7 Å². The lowest BCUT2D eigenvalue weighted by atomic mass is 11.1. The minimum absolute atomic E-state index is 1.32. The van der Waals surface area contributed by atoms with Crippen molar-refractivity contribution in [3.8, 4) is 0 Å². The molecule has 0 saturated heterocycles. The Labute approximate surface area is 41.7 Å². The van der Waals surface area contributed by atoms with Crippen LogP contribution in [0.1, 0.15) is 0 Å². The third kappa shape index (κ3) is 3.79. The summed E-state index contributed by atoms with van der Waals surface area (Å²) in [4.78, 5) is 4.36. The average Bonchev–Trinajstić information content (AvgIpc) is 1.61. The molecule has 0 aromatic carbocycles. The smallest absolute Gasteiger partial charge is 0.0636 e. The molecule has 0 rings (SSSR count). The van der Waals surface area contributed by atoms with Crippen LogP contribution in [0.5, 0.6) is 0 Å². The van der Waals surface area contributed by atoms with E-state index in [0.717, 1.165) is 0 Å². The molecule has 0 spiro atoms. The van der Waals surface area contributed by atoms with E-state index in [1.807, 2.05) is 0 Å². The van der Waals surface area contributed by atoms with Crippen molar-refractivity contribution >= 4 is 11.6 Å². The molecule has 0 aromatic heterocycles. The lowest BCUT2D eigenvalue weighted by Gasteiger charge is -1.87. The van der Waals surface area contributed by atoms with Crippen molar-refractivity contribution in [2.45, 2.75) is 0 Å². The number of rotatable bonds is 2. The maximum Gasteiger partial charge on any atom is 0.0636 e. The van der Waals surface area contributed by atoms with E-state index in [0.29, 0.717) is 0 Å². The van der Waals surface area contributed by atoms with Crippen LogP contribution in [-0.4, -0.2) is 7.11 Å². The number of halogens is 1. The van der Waals surface area contributed by atoms with Crippen molar-refractivity contribution in [3.05, 3.63) is 11.7 Å². The largest absolute Gasteiger partial charge is 0.280 e. The van der Waals surface area contributed by atoms with Crippen LogP contribution in [0.25, 0.3) is 0 Å². The van der Waals surface area contributed by atoms with E-state index in [2.05, 4.69) is 10.3 Å². The zero-order chi connectivity index (χ0) is 4.83. The summed E-state index contributed by atoms with van der Waals surface area (Å²) in [5, 5.41) is 0. The van der Waals surface area contributed by atoms with Crippen molar-refractivity contribution < 1.29 is 4.84 Å². The van der Waals surface area contributed by atoms with E-state index < -0.39 is 0 Å². The van der Waals surface area contributed by atoms with E-state index in [-0.39, 0.29) is 0 Å². The monoisotopic (exact) mass is 107 g/mol. The highest BCUT2D eigenvalue weighted by molar-refractivity contribution is 6.25. The number of hydrogen-bond donors (Lipinski definition) is 1. The predicted octanol–water partition coefficient (Wildman–Crippen LogP) is 0.847. The maximum absolute atomic E-state index is 5.06. The fourth-order valence-corrected chi connectivity index (χ4v) is 0.145. The second kappa shape index (κ2) is 4.79. The molecule has 0 aromatic rings. The lowest BCUT2D eigenvalue weighted by molar-refractivity contribution is 0.128. The van der Waals surface area contributed by atoms with E-state index in [9.17, 15) is 0 Å². The van der Waals surface area contributed by atoms with Crippen molar-refractivity contribution in [2.75, 3.05) is 7.11 Å². The summed E-state index contributed by atoms with van der Waals surface area (Å²) in [6.07, 6.45) is 1.47. The quantitative estimate of drug-likeness (QED) is 0.529. The van der Waals surface area contributed by atoms with Crippen LogP contribution in [0, 0.1) is 0 Å². The van der Waals surface area contributed by atoms with Gasteiger partial charge in [-0.15, -0.1) is 0 Å². The van der Waals surface area contributed by atoms with Gasteiger partial charge in [-0.05, 0) is 0 Å². The van der Waals surface area contributed by atoms with Crippen molar-refractivity contribution in [3.63, 3.8) is 0 Å². The Hall–Kier alpha value is -0.210. The van der Waals surface area contributed by atoms with Crippen LogP contribution in [0.3, 0.4) is 0 Å². The molecule has 0 amide bonds. The minimum Gasteiger partial charge on any atom is -0.280 e. The van der Waals surface area contributed by atoms with E-state index >= 15 is 0 Å². The molecule has 36 valence electrons. The molecule has 6 heavy (non-hydrogen) atoms. The second-order valence-electron chi connectivity index (χ2n) is 0.615. The maximum atomic E-state index is 5.06. The van der Waals surface area contributed by atoms with Gasteiger partial charge in [-0.3, -0.25) is 10.3 Å². The molecule has 0 radical (unpaired) electrons. The topological polar surface area (TPSA) is 21.3 Å². The normalized spacial score (nSPS) is 9.67. The van der Waals surface area contributed by atoms with Gasteiger partial charge in [0.2, 0.25) is 0 Å². The number of nitrogens with one attached hydrogen (secondary N) is 1. The molecule has 0 aliphatic rings. The van der Waals surface area contributed by atoms with Gasteiger partial charge in [-0.25, -0.2) is 0 Å². The fourth-order valence-electron chi connectivity index (χ4n) is 0.0938. The first-order valence-corrected chi connectivity index (χ1v) is 1.89. The van der Waals surface area contributed by atoms with Crippen LogP contribution in [0.2, 0.25) is 0 Å². The first kappa shape index (κ1) is 5.79. The van der Waals surface area contributed by atoms with E-state index in [4.69, 9.17) is 11.6 Å². The number of hydroxylamine groups is 1. The minimum atomic E-state index is 1.32. The molecular weight excluding hydrogens is 101 g/mol. The number of hydrogen-bond acceptors (Lipinski definition) is 2. The molecule has 3 heteroatoms.